The van der Waals surface area contributed by atoms with Gasteiger partial charge in [0.05, 0.1) is 0 Å². The van der Waals surface area contributed by atoms with Gasteiger partial charge in [0, 0.05) is 0 Å². The Kier molecular flexibility index (Phi) is 9.65. The maximum absolute atomic E-state index is 7.34. The molecular weight excluding hydrogens is 334 g/mol. The Labute approximate surface area is 117 Å². The number of rotatable bonds is 9. The van der Waals surface area contributed by atoms with Crippen LogP contribution in [0, 0.1) is 0 Å². The number of hydrogen-bond acceptors (Lipinski definition) is 0. The summed E-state index contributed by atoms with van der Waals surface area (Å²) in [5.41, 5.74) is 0. The second-order valence-electron chi connectivity index (χ2n) is 5.90. The van der Waals surface area contributed by atoms with Crippen LogP contribution in [0.15, 0.2) is 0 Å². The fraction of sp³-hybridized carbons (Fsp3) is 1.00. The average Bonchev–Trinajstić information content (AvgIpc) is 2.28. The van der Waals surface area contributed by atoms with E-state index in [9.17, 15) is 0 Å². The van der Waals surface area contributed by atoms with E-state index in [0.29, 0.717) is 0 Å². The van der Waals surface area contributed by atoms with Gasteiger partial charge in [-0.25, -0.2) is 0 Å². The molecule has 3 unspecified atom stereocenters. The molecule has 0 aliphatic rings. The zero-order chi connectivity index (χ0) is 13.5. The van der Waals surface area contributed by atoms with Crippen LogP contribution in [-0.4, -0.2) is 17.3 Å². The van der Waals surface area contributed by atoms with Crippen LogP contribution in [0.4, 0.5) is 0 Å². The van der Waals surface area contributed by atoms with Crippen LogP contribution in [0.1, 0.15) is 80.1 Å². The van der Waals surface area contributed by atoms with Gasteiger partial charge in [-0.05, 0) is 0 Å². The van der Waals surface area contributed by atoms with Gasteiger partial charge in [-0.1, -0.05) is 0 Å². The third kappa shape index (κ3) is 4.93. The Morgan fingerprint density at radius 2 is 0.941 bits per heavy atom. The van der Waals surface area contributed by atoms with E-state index in [-0.39, 0.29) is 0 Å². The summed E-state index contributed by atoms with van der Waals surface area (Å²) >= 11 is -2.50. The molecule has 0 N–H and O–H groups in total. The second kappa shape index (κ2) is 9.07. The third-order valence-electron chi connectivity index (χ3n) is 4.43. The molecule has 0 aromatic heterocycles. The van der Waals surface area contributed by atoms with Gasteiger partial charge in [-0.15, -0.1) is 0 Å². The van der Waals surface area contributed by atoms with Crippen LogP contribution in [0.2, 0.25) is 11.8 Å². The normalized spacial score (nSPS) is 20.6. The van der Waals surface area contributed by atoms with Crippen molar-refractivity contribution in [3.63, 3.8) is 0 Å². The van der Waals surface area contributed by atoms with Crippen LogP contribution < -0.4 is 0 Å². The Morgan fingerprint density at radius 3 is 1.12 bits per heavy atom. The quantitative estimate of drug-likeness (QED) is 0.396. The van der Waals surface area contributed by atoms with Gasteiger partial charge in [0.1, 0.15) is 0 Å². The van der Waals surface area contributed by atoms with Gasteiger partial charge in [0.2, 0.25) is 0 Å². The van der Waals surface area contributed by atoms with Crippen molar-refractivity contribution in [2.24, 2.45) is 0 Å². The van der Waals surface area contributed by atoms with E-state index >= 15 is 0 Å². The molecule has 0 amide bonds. The molecule has 0 spiro atoms. The molecule has 0 rings (SSSR count). The predicted octanol–water partition coefficient (Wildman–Crippen LogP) is 6.74. The molecule has 0 bridgehead atoms. The SMILES string of the molecule is CCC[CH](C)[Sn]([Cl])([CH](C)CCC)[CH](C)CCC. The Balaban J connectivity index is 4.90. The van der Waals surface area contributed by atoms with E-state index in [1.165, 1.54) is 38.5 Å². The summed E-state index contributed by atoms with van der Waals surface area (Å²) in [6.07, 6.45) is 7.93. The zero-order valence-electron chi connectivity index (χ0n) is 12.9. The van der Waals surface area contributed by atoms with Crippen LogP contribution in [0.25, 0.3) is 0 Å². The van der Waals surface area contributed by atoms with Crippen molar-refractivity contribution in [1.29, 1.82) is 0 Å². The van der Waals surface area contributed by atoms with E-state index in [0.717, 1.165) is 11.8 Å². The first-order chi connectivity index (χ1) is 7.94. The molecule has 0 aromatic carbocycles. The van der Waals surface area contributed by atoms with Gasteiger partial charge in [-0.2, -0.15) is 0 Å². The number of hydrogen-bond donors (Lipinski definition) is 0. The van der Waals surface area contributed by atoms with E-state index in [4.69, 9.17) is 8.92 Å². The molecule has 0 heterocycles. The van der Waals surface area contributed by atoms with Crippen LogP contribution >= 0.6 is 8.92 Å². The molecule has 3 atom stereocenters. The standard InChI is InChI=1S/3C5H11.ClH.Sn/c3*1-3-5-4-2;;/h3*3H,4-5H2,1-2H3;1H;/q;;;;+1/p-1. The van der Waals surface area contributed by atoms with Crippen molar-refractivity contribution in [2.75, 3.05) is 0 Å². The molecule has 0 aliphatic carbocycles. The predicted molar refractivity (Wildman–Crippen MR) is 84.6 cm³/mol. The van der Waals surface area contributed by atoms with Gasteiger partial charge in [-0.3, -0.25) is 0 Å². The van der Waals surface area contributed by atoms with Gasteiger partial charge in [0.15, 0.2) is 0 Å². The third-order valence-corrected chi connectivity index (χ3v) is 27.3. The van der Waals surface area contributed by atoms with Crippen molar-refractivity contribution in [2.45, 2.75) is 91.9 Å². The first-order valence-corrected chi connectivity index (χ1v) is 16.2. The van der Waals surface area contributed by atoms with E-state index in [1.807, 2.05) is 0 Å². The van der Waals surface area contributed by atoms with Crippen LogP contribution in [0.5, 0.6) is 0 Å². The first-order valence-electron chi connectivity index (χ1n) is 7.63. The van der Waals surface area contributed by atoms with Gasteiger partial charge < -0.3 is 0 Å². The Morgan fingerprint density at radius 1 is 0.706 bits per heavy atom. The summed E-state index contributed by atoms with van der Waals surface area (Å²) in [5.74, 6) is 0. The van der Waals surface area contributed by atoms with E-state index in [1.54, 1.807) is 0 Å². The molecule has 0 nitrogen and oxygen atoms in total. The van der Waals surface area contributed by atoms with Crippen molar-refractivity contribution in [3.8, 4) is 0 Å². The summed E-state index contributed by atoms with van der Waals surface area (Å²) in [4.78, 5) is 0. The van der Waals surface area contributed by atoms with Crippen molar-refractivity contribution in [3.05, 3.63) is 0 Å². The van der Waals surface area contributed by atoms with E-state index < -0.39 is 17.3 Å². The van der Waals surface area contributed by atoms with Crippen molar-refractivity contribution >= 4 is 26.2 Å². The fourth-order valence-electron chi connectivity index (χ4n) is 3.42. The number of halogens is 1. The Hall–Kier alpha value is 1.09. The molecule has 2 heteroatoms. The summed E-state index contributed by atoms with van der Waals surface area (Å²) in [7, 11) is 7.34. The molecule has 17 heavy (non-hydrogen) atoms. The molecule has 0 aromatic rings. The summed E-state index contributed by atoms with van der Waals surface area (Å²) in [6, 6.07) is 0. The van der Waals surface area contributed by atoms with Crippen LogP contribution in [0.3, 0.4) is 0 Å². The maximum atomic E-state index is 7.34. The van der Waals surface area contributed by atoms with Crippen molar-refractivity contribution in [1.82, 2.24) is 0 Å². The van der Waals surface area contributed by atoms with Crippen molar-refractivity contribution < 1.29 is 0 Å². The summed E-state index contributed by atoms with van der Waals surface area (Å²) in [5, 5.41) is 0. The molecule has 0 radical (unpaired) electrons. The molecule has 0 fully saturated rings. The molecular formula is C15H33ClSn. The van der Waals surface area contributed by atoms with E-state index in [2.05, 4.69) is 41.5 Å². The molecule has 104 valence electrons. The van der Waals surface area contributed by atoms with Crippen LogP contribution in [-0.2, 0) is 0 Å². The minimum absolute atomic E-state index is 0.832. The molecule has 0 saturated carbocycles. The molecule has 0 aliphatic heterocycles. The summed E-state index contributed by atoms with van der Waals surface area (Å²) < 4.78 is 2.50. The Bertz CT molecular complexity index is 162. The zero-order valence-corrected chi connectivity index (χ0v) is 16.5. The van der Waals surface area contributed by atoms with Gasteiger partial charge >= 0.3 is 118 Å². The van der Waals surface area contributed by atoms with Gasteiger partial charge in [0.25, 0.3) is 0 Å². The summed E-state index contributed by atoms with van der Waals surface area (Å²) in [6.45, 7) is 14.2. The molecule has 0 saturated heterocycles. The minimum atomic E-state index is -2.50. The second-order valence-corrected chi connectivity index (χ2v) is 23.4. The average molecular weight is 368 g/mol. The topological polar surface area (TPSA) is 0 Å². The monoisotopic (exact) mass is 368 g/mol. The fourth-order valence-corrected chi connectivity index (χ4v) is 20.2. The first kappa shape index (κ1) is 18.1.